The molecule has 0 amide bonds. The van der Waals surface area contributed by atoms with E-state index < -0.39 is 0 Å². The van der Waals surface area contributed by atoms with Gasteiger partial charge in [-0.25, -0.2) is 0 Å². The maximum Gasteiger partial charge on any atom is 0.0777 e. The molecule has 0 radical (unpaired) electrons. The second-order valence-corrected chi connectivity index (χ2v) is 3.24. The molecule has 3 rings (SSSR count). The van der Waals surface area contributed by atoms with Crippen molar-refractivity contribution in [2.75, 3.05) is 12.4 Å². The fraction of sp³-hybridized carbons (Fsp3) is 1.00. The smallest absolute Gasteiger partial charge is 0.0777 e. The highest BCUT2D eigenvalue weighted by Gasteiger charge is 2.50. The van der Waals surface area contributed by atoms with E-state index in [-0.39, 0.29) is 5.60 Å². The van der Waals surface area contributed by atoms with Crippen LogP contribution in [0.2, 0.25) is 0 Å². The van der Waals surface area contributed by atoms with Crippen LogP contribution in [0.1, 0.15) is 12.8 Å². The van der Waals surface area contributed by atoms with Gasteiger partial charge in [-0.3, -0.25) is 0 Å². The molecule has 2 heterocycles. The third-order valence-electron chi connectivity index (χ3n) is 2.23. The Morgan fingerprint density at radius 1 is 1.62 bits per heavy atom. The van der Waals surface area contributed by atoms with Crippen LogP contribution in [-0.4, -0.2) is 18.0 Å². The average molecular weight is 130 g/mol. The summed E-state index contributed by atoms with van der Waals surface area (Å²) in [5, 5.41) is 0. The second-order valence-electron chi connectivity index (χ2n) is 2.93. The predicted octanol–water partition coefficient (Wildman–Crippen LogP) is 1.10. The van der Waals surface area contributed by atoms with Crippen LogP contribution in [0.4, 0.5) is 0 Å². The SMILES string of the molecule is SCC12CC(CO1)C2. The number of rotatable bonds is 1. The number of hydrogen-bond donors (Lipinski definition) is 1. The summed E-state index contributed by atoms with van der Waals surface area (Å²) in [7, 11) is 0. The molecule has 2 aliphatic heterocycles. The zero-order valence-corrected chi connectivity index (χ0v) is 5.66. The van der Waals surface area contributed by atoms with Crippen molar-refractivity contribution in [1.29, 1.82) is 0 Å². The van der Waals surface area contributed by atoms with E-state index >= 15 is 0 Å². The summed E-state index contributed by atoms with van der Waals surface area (Å²) in [5.74, 6) is 1.81. The zero-order valence-electron chi connectivity index (χ0n) is 4.76. The molecular weight excluding hydrogens is 120 g/mol. The minimum atomic E-state index is 0.244. The van der Waals surface area contributed by atoms with Crippen LogP contribution in [0.3, 0.4) is 0 Å². The normalized spacial score (nSPS) is 51.4. The van der Waals surface area contributed by atoms with E-state index in [1.54, 1.807) is 0 Å². The summed E-state index contributed by atoms with van der Waals surface area (Å²) in [6, 6.07) is 0. The summed E-state index contributed by atoms with van der Waals surface area (Å²) >= 11 is 4.21. The van der Waals surface area contributed by atoms with E-state index in [1.807, 2.05) is 0 Å². The van der Waals surface area contributed by atoms with Crippen LogP contribution < -0.4 is 0 Å². The van der Waals surface area contributed by atoms with E-state index in [1.165, 1.54) is 12.8 Å². The summed E-state index contributed by atoms with van der Waals surface area (Å²) in [6.07, 6.45) is 2.55. The molecule has 0 N–H and O–H groups in total. The summed E-state index contributed by atoms with van der Waals surface area (Å²) in [4.78, 5) is 0. The molecule has 2 bridgehead atoms. The van der Waals surface area contributed by atoms with Gasteiger partial charge in [-0.1, -0.05) is 0 Å². The Morgan fingerprint density at radius 3 is 2.62 bits per heavy atom. The van der Waals surface area contributed by atoms with Gasteiger partial charge in [0.1, 0.15) is 0 Å². The average Bonchev–Trinajstić information content (AvgIpc) is 2.17. The Balaban J connectivity index is 2.09. The van der Waals surface area contributed by atoms with Gasteiger partial charge < -0.3 is 4.74 Å². The number of ether oxygens (including phenoxy) is 1. The second kappa shape index (κ2) is 1.42. The molecule has 1 aliphatic carbocycles. The monoisotopic (exact) mass is 130 g/mol. The van der Waals surface area contributed by atoms with E-state index in [9.17, 15) is 0 Å². The molecule has 0 aromatic heterocycles. The summed E-state index contributed by atoms with van der Waals surface area (Å²) in [6.45, 7) is 1.00. The largest absolute Gasteiger partial charge is 0.374 e. The molecule has 0 spiro atoms. The highest BCUT2D eigenvalue weighted by molar-refractivity contribution is 7.80. The lowest BCUT2D eigenvalue weighted by atomic mass is 9.76. The minimum Gasteiger partial charge on any atom is -0.374 e. The van der Waals surface area contributed by atoms with Crippen molar-refractivity contribution in [3.05, 3.63) is 0 Å². The Hall–Kier alpha value is 0.310. The molecule has 46 valence electrons. The van der Waals surface area contributed by atoms with E-state index in [0.717, 1.165) is 18.3 Å². The van der Waals surface area contributed by atoms with Crippen molar-refractivity contribution < 1.29 is 4.74 Å². The molecule has 0 unspecified atom stereocenters. The highest BCUT2D eigenvalue weighted by atomic mass is 32.1. The van der Waals surface area contributed by atoms with Crippen LogP contribution in [0, 0.1) is 5.92 Å². The molecule has 2 saturated heterocycles. The Labute approximate surface area is 54.8 Å². The van der Waals surface area contributed by atoms with Gasteiger partial charge in [-0.15, -0.1) is 0 Å². The van der Waals surface area contributed by atoms with E-state index in [4.69, 9.17) is 4.74 Å². The van der Waals surface area contributed by atoms with Crippen molar-refractivity contribution in [3.63, 3.8) is 0 Å². The van der Waals surface area contributed by atoms with Gasteiger partial charge in [0.2, 0.25) is 0 Å². The fourth-order valence-corrected chi connectivity index (χ4v) is 2.05. The molecular formula is C6H10OS. The van der Waals surface area contributed by atoms with E-state index in [0.29, 0.717) is 0 Å². The lowest BCUT2D eigenvalue weighted by molar-refractivity contribution is 0.0254. The first-order valence-electron chi connectivity index (χ1n) is 3.09. The Morgan fingerprint density at radius 2 is 2.38 bits per heavy atom. The van der Waals surface area contributed by atoms with Gasteiger partial charge in [-0.05, 0) is 18.8 Å². The molecule has 3 fully saturated rings. The van der Waals surface area contributed by atoms with Gasteiger partial charge in [-0.2, -0.15) is 12.6 Å². The Kier molecular flexibility index (Phi) is 0.910. The van der Waals surface area contributed by atoms with Crippen LogP contribution >= 0.6 is 12.6 Å². The zero-order chi connectivity index (χ0) is 5.61. The van der Waals surface area contributed by atoms with Crippen LogP contribution in [0.25, 0.3) is 0 Å². The molecule has 8 heavy (non-hydrogen) atoms. The van der Waals surface area contributed by atoms with Gasteiger partial charge in [0.25, 0.3) is 0 Å². The lowest BCUT2D eigenvalue weighted by Crippen LogP contribution is -2.38. The molecule has 0 aromatic carbocycles. The van der Waals surface area contributed by atoms with Crippen molar-refractivity contribution >= 4 is 12.6 Å². The van der Waals surface area contributed by atoms with Crippen molar-refractivity contribution in [3.8, 4) is 0 Å². The third kappa shape index (κ3) is 0.477. The lowest BCUT2D eigenvalue weighted by Gasteiger charge is -2.34. The minimum absolute atomic E-state index is 0.244. The fourth-order valence-electron chi connectivity index (χ4n) is 1.70. The number of thiol groups is 1. The molecule has 0 atom stereocenters. The maximum atomic E-state index is 5.49. The van der Waals surface area contributed by atoms with Crippen LogP contribution in [0.15, 0.2) is 0 Å². The van der Waals surface area contributed by atoms with Crippen molar-refractivity contribution in [2.45, 2.75) is 18.4 Å². The van der Waals surface area contributed by atoms with Crippen molar-refractivity contribution in [2.24, 2.45) is 5.92 Å². The summed E-state index contributed by atoms with van der Waals surface area (Å²) in [5.41, 5.74) is 0.244. The maximum absolute atomic E-state index is 5.49. The van der Waals surface area contributed by atoms with Crippen molar-refractivity contribution in [1.82, 2.24) is 0 Å². The van der Waals surface area contributed by atoms with Gasteiger partial charge >= 0.3 is 0 Å². The first-order chi connectivity index (χ1) is 3.85. The number of fused-ring (bicyclic) bond motifs is 1. The molecule has 2 heteroatoms. The van der Waals surface area contributed by atoms with Gasteiger partial charge in [0.05, 0.1) is 12.2 Å². The molecule has 0 aromatic rings. The van der Waals surface area contributed by atoms with Crippen LogP contribution in [0.5, 0.6) is 0 Å². The van der Waals surface area contributed by atoms with E-state index in [2.05, 4.69) is 12.6 Å². The summed E-state index contributed by atoms with van der Waals surface area (Å²) < 4.78 is 5.49. The molecule has 3 aliphatic rings. The molecule has 1 nitrogen and oxygen atoms in total. The van der Waals surface area contributed by atoms with Gasteiger partial charge in [0, 0.05) is 5.75 Å². The topological polar surface area (TPSA) is 9.23 Å². The quantitative estimate of drug-likeness (QED) is 0.523. The third-order valence-corrected chi connectivity index (χ3v) is 2.81. The standard InChI is InChI=1S/C6H10OS/c8-4-6-1-5(2-6)3-7-6/h5,8H,1-4H2. The first-order valence-corrected chi connectivity index (χ1v) is 3.73. The van der Waals surface area contributed by atoms with Gasteiger partial charge in [0.15, 0.2) is 0 Å². The number of hydrogen-bond acceptors (Lipinski definition) is 2. The Bertz CT molecular complexity index is 102. The predicted molar refractivity (Wildman–Crippen MR) is 35.3 cm³/mol. The first kappa shape index (κ1) is 5.12. The molecule has 1 saturated carbocycles. The van der Waals surface area contributed by atoms with Crippen LogP contribution in [-0.2, 0) is 4.74 Å². The highest BCUT2D eigenvalue weighted by Crippen LogP contribution is 2.48.